The second-order valence-corrected chi connectivity index (χ2v) is 6.69. The lowest BCUT2D eigenvalue weighted by Crippen LogP contribution is -2.45. The number of amides is 1. The first-order valence-corrected chi connectivity index (χ1v) is 8.19. The van der Waals surface area contributed by atoms with E-state index in [1.54, 1.807) is 0 Å². The van der Waals surface area contributed by atoms with E-state index in [1.807, 2.05) is 4.72 Å². The molecular formula is C13H16F2N2O4S. The van der Waals surface area contributed by atoms with Crippen molar-refractivity contribution in [2.45, 2.75) is 23.8 Å². The molecule has 0 aliphatic carbocycles. The van der Waals surface area contributed by atoms with Crippen LogP contribution in [-0.2, 0) is 14.8 Å². The highest BCUT2D eigenvalue weighted by Crippen LogP contribution is 2.18. The maximum absolute atomic E-state index is 13.5. The Balaban J connectivity index is 2.02. The van der Waals surface area contributed by atoms with E-state index in [4.69, 9.17) is 0 Å². The molecule has 1 fully saturated rings. The van der Waals surface area contributed by atoms with Crippen molar-refractivity contribution in [3.63, 3.8) is 0 Å². The molecule has 1 heterocycles. The van der Waals surface area contributed by atoms with Gasteiger partial charge >= 0.3 is 0 Å². The first-order valence-electron chi connectivity index (χ1n) is 6.71. The fourth-order valence-electron chi connectivity index (χ4n) is 2.20. The predicted molar refractivity (Wildman–Crippen MR) is 73.4 cm³/mol. The van der Waals surface area contributed by atoms with Crippen LogP contribution >= 0.6 is 0 Å². The SMILES string of the molecule is O=C(CNS(=O)(=O)c1c(F)cccc1F)N1CCC(O)CC1. The van der Waals surface area contributed by atoms with Gasteiger partial charge < -0.3 is 10.0 Å². The lowest BCUT2D eigenvalue weighted by Gasteiger charge is -2.29. The van der Waals surface area contributed by atoms with Gasteiger partial charge in [-0.15, -0.1) is 0 Å². The number of sulfonamides is 1. The van der Waals surface area contributed by atoms with Crippen molar-refractivity contribution >= 4 is 15.9 Å². The van der Waals surface area contributed by atoms with Crippen molar-refractivity contribution < 1.29 is 27.1 Å². The largest absolute Gasteiger partial charge is 0.393 e. The molecule has 122 valence electrons. The van der Waals surface area contributed by atoms with E-state index in [-0.39, 0.29) is 0 Å². The molecule has 0 saturated carbocycles. The van der Waals surface area contributed by atoms with Gasteiger partial charge in [0.05, 0.1) is 12.6 Å². The Morgan fingerprint density at radius 2 is 1.82 bits per heavy atom. The number of carbonyl (C=O) groups is 1. The maximum atomic E-state index is 13.5. The Morgan fingerprint density at radius 3 is 2.36 bits per heavy atom. The molecule has 0 radical (unpaired) electrons. The number of benzene rings is 1. The summed E-state index contributed by atoms with van der Waals surface area (Å²) in [6, 6.07) is 2.70. The number of aliphatic hydroxyl groups is 1. The molecule has 9 heteroatoms. The zero-order valence-corrected chi connectivity index (χ0v) is 12.4. The fraction of sp³-hybridized carbons (Fsp3) is 0.462. The van der Waals surface area contributed by atoms with E-state index in [1.165, 1.54) is 4.90 Å². The van der Waals surface area contributed by atoms with Gasteiger partial charge in [-0.1, -0.05) is 6.07 Å². The normalized spacial score (nSPS) is 16.8. The second kappa shape index (κ2) is 6.67. The van der Waals surface area contributed by atoms with Gasteiger partial charge in [-0.3, -0.25) is 4.79 Å². The summed E-state index contributed by atoms with van der Waals surface area (Å²) in [6.07, 6.45) is 0.370. The molecule has 2 rings (SSSR count). The van der Waals surface area contributed by atoms with Crippen molar-refractivity contribution in [3.8, 4) is 0 Å². The average Bonchev–Trinajstić information content (AvgIpc) is 2.45. The molecule has 1 saturated heterocycles. The minimum atomic E-state index is -4.46. The van der Waals surface area contributed by atoms with Gasteiger partial charge in [0.25, 0.3) is 0 Å². The third-order valence-electron chi connectivity index (χ3n) is 3.42. The van der Waals surface area contributed by atoms with E-state index in [9.17, 15) is 27.1 Å². The zero-order valence-electron chi connectivity index (χ0n) is 11.6. The van der Waals surface area contributed by atoms with Gasteiger partial charge in [-0.2, -0.15) is 0 Å². The summed E-state index contributed by atoms with van der Waals surface area (Å²) in [5.74, 6) is -2.95. The van der Waals surface area contributed by atoms with E-state index in [2.05, 4.69) is 0 Å². The molecular weight excluding hydrogens is 318 g/mol. The first kappa shape index (κ1) is 16.8. The van der Waals surface area contributed by atoms with E-state index in [0.29, 0.717) is 25.9 Å². The third-order valence-corrected chi connectivity index (χ3v) is 4.87. The molecule has 1 amide bonds. The van der Waals surface area contributed by atoms with Crippen LogP contribution in [0.3, 0.4) is 0 Å². The smallest absolute Gasteiger partial charge is 0.246 e. The van der Waals surface area contributed by atoms with Gasteiger partial charge in [-0.25, -0.2) is 21.9 Å². The number of halogens is 2. The summed E-state index contributed by atoms with van der Waals surface area (Å²) in [7, 11) is -4.46. The van der Waals surface area contributed by atoms with E-state index < -0.39 is 45.1 Å². The van der Waals surface area contributed by atoms with Crippen LogP contribution in [0.15, 0.2) is 23.1 Å². The summed E-state index contributed by atoms with van der Waals surface area (Å²) in [5, 5.41) is 9.34. The monoisotopic (exact) mass is 334 g/mol. The molecule has 0 bridgehead atoms. The molecule has 2 N–H and O–H groups in total. The summed E-state index contributed by atoms with van der Waals surface area (Å²) >= 11 is 0. The van der Waals surface area contributed by atoms with Crippen LogP contribution in [0, 0.1) is 11.6 Å². The number of aliphatic hydroxyl groups excluding tert-OH is 1. The number of hydrogen-bond acceptors (Lipinski definition) is 4. The van der Waals surface area contributed by atoms with Gasteiger partial charge in [0.15, 0.2) is 4.90 Å². The third kappa shape index (κ3) is 3.79. The van der Waals surface area contributed by atoms with Crippen LogP contribution in [0.25, 0.3) is 0 Å². The van der Waals surface area contributed by atoms with Crippen molar-refractivity contribution in [1.29, 1.82) is 0 Å². The van der Waals surface area contributed by atoms with Crippen LogP contribution in [0.5, 0.6) is 0 Å². The molecule has 0 unspecified atom stereocenters. The topological polar surface area (TPSA) is 86.7 Å². The Labute approximate surface area is 126 Å². The Morgan fingerprint density at radius 1 is 1.27 bits per heavy atom. The van der Waals surface area contributed by atoms with Gasteiger partial charge in [0.2, 0.25) is 15.9 Å². The number of hydrogen-bond donors (Lipinski definition) is 2. The van der Waals surface area contributed by atoms with Crippen molar-refractivity contribution in [2.75, 3.05) is 19.6 Å². The molecule has 1 aromatic rings. The van der Waals surface area contributed by atoms with Crippen LogP contribution < -0.4 is 4.72 Å². The minimum absolute atomic E-state index is 0.315. The van der Waals surface area contributed by atoms with E-state index in [0.717, 1.165) is 18.2 Å². The zero-order chi connectivity index (χ0) is 16.3. The standard InChI is InChI=1S/C13H16F2N2O4S/c14-10-2-1-3-11(15)13(10)22(20,21)16-8-12(19)17-6-4-9(18)5-7-17/h1-3,9,16,18H,4-8H2. The van der Waals surface area contributed by atoms with Crippen molar-refractivity contribution in [3.05, 3.63) is 29.8 Å². The number of likely N-dealkylation sites (tertiary alicyclic amines) is 1. The lowest BCUT2D eigenvalue weighted by atomic mass is 10.1. The molecule has 0 spiro atoms. The quantitative estimate of drug-likeness (QED) is 0.825. The first-order chi connectivity index (χ1) is 10.3. The van der Waals surface area contributed by atoms with E-state index >= 15 is 0 Å². The van der Waals surface area contributed by atoms with Gasteiger partial charge in [0, 0.05) is 13.1 Å². The Hall–Kier alpha value is -1.58. The van der Waals surface area contributed by atoms with Gasteiger partial charge in [0.1, 0.15) is 11.6 Å². The molecule has 1 aliphatic rings. The molecule has 1 aliphatic heterocycles. The van der Waals surface area contributed by atoms with Crippen molar-refractivity contribution in [1.82, 2.24) is 9.62 Å². The summed E-state index contributed by atoms with van der Waals surface area (Å²) < 4.78 is 52.7. The Bertz CT molecular complexity index is 638. The molecule has 1 aromatic carbocycles. The number of rotatable bonds is 4. The molecule has 0 aromatic heterocycles. The van der Waals surface area contributed by atoms with Crippen LogP contribution in [-0.4, -0.2) is 50.1 Å². The number of nitrogens with zero attached hydrogens (tertiary/aromatic N) is 1. The predicted octanol–water partition coefficient (Wildman–Crippen LogP) is 0.226. The molecule has 6 nitrogen and oxygen atoms in total. The fourth-order valence-corrected chi connectivity index (χ4v) is 3.30. The number of carbonyl (C=O) groups excluding carboxylic acids is 1. The molecule has 22 heavy (non-hydrogen) atoms. The number of nitrogens with one attached hydrogen (secondary N) is 1. The summed E-state index contributed by atoms with van der Waals surface area (Å²) in [6.45, 7) is 0.0395. The Kier molecular flexibility index (Phi) is 5.09. The van der Waals surface area contributed by atoms with Gasteiger partial charge in [-0.05, 0) is 25.0 Å². The molecule has 0 atom stereocenters. The highest BCUT2D eigenvalue weighted by molar-refractivity contribution is 7.89. The number of piperidine rings is 1. The summed E-state index contributed by atoms with van der Waals surface area (Å²) in [5.41, 5.74) is 0. The minimum Gasteiger partial charge on any atom is -0.393 e. The van der Waals surface area contributed by atoms with Crippen LogP contribution in [0.2, 0.25) is 0 Å². The van der Waals surface area contributed by atoms with Crippen LogP contribution in [0.1, 0.15) is 12.8 Å². The average molecular weight is 334 g/mol. The summed E-state index contributed by atoms with van der Waals surface area (Å²) in [4.78, 5) is 12.2. The second-order valence-electron chi connectivity index (χ2n) is 4.99. The lowest BCUT2D eigenvalue weighted by molar-refractivity contribution is -0.131. The van der Waals surface area contributed by atoms with Crippen LogP contribution in [0.4, 0.5) is 8.78 Å². The highest BCUT2D eigenvalue weighted by Gasteiger charge is 2.26. The van der Waals surface area contributed by atoms with Crippen molar-refractivity contribution in [2.24, 2.45) is 0 Å². The maximum Gasteiger partial charge on any atom is 0.246 e. The highest BCUT2D eigenvalue weighted by atomic mass is 32.2.